The van der Waals surface area contributed by atoms with E-state index in [0.717, 1.165) is 32.4 Å². The summed E-state index contributed by atoms with van der Waals surface area (Å²) < 4.78 is 11.9. The molecule has 1 fully saturated rings. The van der Waals surface area contributed by atoms with Gasteiger partial charge in [0.25, 0.3) is 0 Å². The number of rotatable bonds is 5. The predicted octanol–water partition coefficient (Wildman–Crippen LogP) is 0.483. The van der Waals surface area contributed by atoms with E-state index in [1.54, 1.807) is 6.92 Å². The number of amides is 1. The Balaban J connectivity index is 2.45. The van der Waals surface area contributed by atoms with Crippen LogP contribution in [-0.4, -0.2) is 45.2 Å². The topological polar surface area (TPSA) is 63.4 Å². The Morgan fingerprint density at radius 3 is 2.50 bits per heavy atom. The fourth-order valence-electron chi connectivity index (χ4n) is 1.78. The minimum absolute atomic E-state index is 0.0270. The van der Waals surface area contributed by atoms with Gasteiger partial charge in [-0.2, -0.15) is 0 Å². The van der Waals surface area contributed by atoms with Gasteiger partial charge in [-0.15, -0.1) is 0 Å². The van der Waals surface area contributed by atoms with Gasteiger partial charge in [-0.3, -0.25) is 9.00 Å². The number of hydrogen-bond donors (Lipinski definition) is 1. The first-order valence-electron chi connectivity index (χ1n) is 5.97. The van der Waals surface area contributed by atoms with E-state index in [0.29, 0.717) is 5.75 Å². The number of carbonyl (C=O) groups is 1. The lowest BCUT2D eigenvalue weighted by Crippen LogP contribution is -2.40. The molecule has 0 aromatic heterocycles. The zero-order chi connectivity index (χ0) is 12.1. The molecule has 0 bridgehead atoms. The van der Waals surface area contributed by atoms with Gasteiger partial charge in [0.1, 0.15) is 5.25 Å². The summed E-state index contributed by atoms with van der Waals surface area (Å²) in [5.41, 5.74) is 5.75. The van der Waals surface area contributed by atoms with Crippen LogP contribution in [-0.2, 0) is 15.6 Å². The monoisotopic (exact) mass is 246 g/mol. The fraction of sp³-hybridized carbons (Fsp3) is 0.909. The average molecular weight is 246 g/mol. The molecule has 1 amide bonds. The van der Waals surface area contributed by atoms with Crippen molar-refractivity contribution in [3.05, 3.63) is 0 Å². The van der Waals surface area contributed by atoms with Crippen molar-refractivity contribution in [2.24, 2.45) is 5.73 Å². The second kappa shape index (κ2) is 6.35. The average Bonchev–Trinajstić information content (AvgIpc) is 2.80. The molecule has 1 saturated heterocycles. The molecule has 0 aromatic rings. The Labute approximate surface area is 100 Å². The molecule has 0 aromatic carbocycles. The number of nitrogens with zero attached hydrogens (tertiary/aromatic N) is 1. The lowest BCUT2D eigenvalue weighted by atomic mass is 10.3. The van der Waals surface area contributed by atoms with Crippen LogP contribution in [0.15, 0.2) is 0 Å². The molecule has 1 rings (SSSR count). The molecule has 3 unspecified atom stereocenters. The second-order valence-corrected chi connectivity index (χ2v) is 6.19. The smallest absolute Gasteiger partial charge is 0.238 e. The Morgan fingerprint density at radius 2 is 2.00 bits per heavy atom. The van der Waals surface area contributed by atoms with Crippen LogP contribution >= 0.6 is 0 Å². The summed E-state index contributed by atoms with van der Waals surface area (Å²) >= 11 is 0. The van der Waals surface area contributed by atoms with Crippen LogP contribution < -0.4 is 5.73 Å². The fourth-order valence-corrected chi connectivity index (χ4v) is 3.10. The first kappa shape index (κ1) is 13.6. The molecule has 2 N–H and O–H groups in total. The van der Waals surface area contributed by atoms with Gasteiger partial charge >= 0.3 is 0 Å². The van der Waals surface area contributed by atoms with Crippen molar-refractivity contribution in [2.45, 2.75) is 44.4 Å². The van der Waals surface area contributed by atoms with E-state index in [2.05, 4.69) is 0 Å². The first-order valence-corrected chi connectivity index (χ1v) is 7.36. The Morgan fingerprint density at radius 1 is 1.44 bits per heavy atom. The molecule has 1 aliphatic rings. The van der Waals surface area contributed by atoms with E-state index in [4.69, 9.17) is 5.73 Å². The van der Waals surface area contributed by atoms with E-state index in [1.165, 1.54) is 0 Å². The minimum Gasteiger partial charge on any atom is -0.342 e. The number of likely N-dealkylation sites (tertiary alicyclic amines) is 1. The van der Waals surface area contributed by atoms with Crippen molar-refractivity contribution < 1.29 is 9.00 Å². The highest BCUT2D eigenvalue weighted by atomic mass is 32.2. The van der Waals surface area contributed by atoms with Gasteiger partial charge in [0.2, 0.25) is 5.91 Å². The maximum atomic E-state index is 11.9. The molecule has 0 saturated carbocycles. The molecule has 4 nitrogen and oxygen atoms in total. The van der Waals surface area contributed by atoms with Gasteiger partial charge in [-0.05, 0) is 26.2 Å². The van der Waals surface area contributed by atoms with Gasteiger partial charge in [0.15, 0.2) is 0 Å². The summed E-state index contributed by atoms with van der Waals surface area (Å²) in [6.45, 7) is 5.36. The van der Waals surface area contributed by atoms with Gasteiger partial charge in [-0.25, -0.2) is 0 Å². The molecule has 94 valence electrons. The first-order chi connectivity index (χ1) is 7.56. The summed E-state index contributed by atoms with van der Waals surface area (Å²) in [7, 11) is -1.14. The maximum Gasteiger partial charge on any atom is 0.238 e. The van der Waals surface area contributed by atoms with Gasteiger partial charge in [0, 0.05) is 35.7 Å². The summed E-state index contributed by atoms with van der Waals surface area (Å²) in [6, 6.07) is -0.0605. The largest absolute Gasteiger partial charge is 0.342 e. The molecular formula is C11H22N2O2S. The van der Waals surface area contributed by atoms with Crippen molar-refractivity contribution in [1.82, 2.24) is 4.90 Å². The molecule has 0 aliphatic carbocycles. The van der Waals surface area contributed by atoms with Crippen molar-refractivity contribution in [3.63, 3.8) is 0 Å². The van der Waals surface area contributed by atoms with Gasteiger partial charge in [0.05, 0.1) is 0 Å². The highest BCUT2D eigenvalue weighted by Gasteiger charge is 2.27. The van der Waals surface area contributed by atoms with Gasteiger partial charge < -0.3 is 10.6 Å². The van der Waals surface area contributed by atoms with Gasteiger partial charge in [-0.1, -0.05) is 6.92 Å². The molecule has 0 spiro atoms. The van der Waals surface area contributed by atoms with Crippen molar-refractivity contribution >= 4 is 16.7 Å². The summed E-state index contributed by atoms with van der Waals surface area (Å²) in [5.74, 6) is 0.455. The number of hydrogen-bond acceptors (Lipinski definition) is 3. The quantitative estimate of drug-likeness (QED) is 0.767. The normalized spacial score (nSPS) is 21.8. The summed E-state index contributed by atoms with van der Waals surface area (Å²) in [4.78, 5) is 13.8. The van der Waals surface area contributed by atoms with E-state index >= 15 is 0 Å². The molecule has 3 atom stereocenters. The zero-order valence-corrected chi connectivity index (χ0v) is 11.0. The zero-order valence-electron chi connectivity index (χ0n) is 10.1. The Bertz CT molecular complexity index is 265. The standard InChI is InChI=1S/C11H22N2O2S/c1-3-10(12)8-16(15)9(2)11(14)13-6-4-5-7-13/h9-10H,3-8,12H2,1-2H3. The van der Waals surface area contributed by atoms with E-state index in [-0.39, 0.29) is 11.9 Å². The van der Waals surface area contributed by atoms with Crippen LogP contribution in [0.25, 0.3) is 0 Å². The number of nitrogens with two attached hydrogens (primary N) is 1. The van der Waals surface area contributed by atoms with Crippen molar-refractivity contribution in [2.75, 3.05) is 18.8 Å². The van der Waals surface area contributed by atoms with Crippen LogP contribution in [0, 0.1) is 0 Å². The van der Waals surface area contributed by atoms with Crippen LogP contribution in [0.3, 0.4) is 0 Å². The summed E-state index contributed by atoms with van der Waals surface area (Å²) in [5, 5.41) is -0.407. The molecule has 1 aliphatic heterocycles. The predicted molar refractivity (Wildman–Crippen MR) is 66.6 cm³/mol. The highest BCUT2D eigenvalue weighted by Crippen LogP contribution is 2.12. The van der Waals surface area contributed by atoms with Crippen LogP contribution in [0.1, 0.15) is 33.1 Å². The van der Waals surface area contributed by atoms with Crippen LogP contribution in [0.2, 0.25) is 0 Å². The third-order valence-electron chi connectivity index (χ3n) is 3.06. The second-order valence-electron chi connectivity index (χ2n) is 4.39. The summed E-state index contributed by atoms with van der Waals surface area (Å²) in [6.07, 6.45) is 2.94. The highest BCUT2D eigenvalue weighted by molar-refractivity contribution is 7.86. The van der Waals surface area contributed by atoms with Crippen LogP contribution in [0.4, 0.5) is 0 Å². The third-order valence-corrected chi connectivity index (χ3v) is 4.81. The maximum absolute atomic E-state index is 11.9. The third kappa shape index (κ3) is 3.56. The lowest BCUT2D eigenvalue weighted by Gasteiger charge is -2.20. The van der Waals surface area contributed by atoms with E-state index < -0.39 is 16.0 Å². The lowest BCUT2D eigenvalue weighted by molar-refractivity contribution is -0.129. The Kier molecular flexibility index (Phi) is 5.41. The minimum atomic E-state index is -1.14. The number of carbonyl (C=O) groups excluding carboxylic acids is 1. The molecular weight excluding hydrogens is 224 g/mol. The van der Waals surface area contributed by atoms with E-state index in [9.17, 15) is 9.00 Å². The molecule has 16 heavy (non-hydrogen) atoms. The SMILES string of the molecule is CCC(N)CS(=O)C(C)C(=O)N1CCCC1. The molecule has 1 heterocycles. The molecule has 0 radical (unpaired) electrons. The molecule has 5 heteroatoms. The van der Waals surface area contributed by atoms with E-state index in [1.807, 2.05) is 11.8 Å². The van der Waals surface area contributed by atoms with Crippen LogP contribution in [0.5, 0.6) is 0 Å². The Hall–Kier alpha value is -0.420. The van der Waals surface area contributed by atoms with Crippen molar-refractivity contribution in [1.29, 1.82) is 0 Å². The van der Waals surface area contributed by atoms with Crippen molar-refractivity contribution in [3.8, 4) is 0 Å².